The third-order valence-electron chi connectivity index (χ3n) is 1.70. The fraction of sp³-hybridized carbons (Fsp3) is 0.778. The molecule has 0 aromatic heterocycles. The van der Waals surface area contributed by atoms with E-state index in [4.69, 9.17) is 0 Å². The van der Waals surface area contributed by atoms with Crippen molar-refractivity contribution in [3.63, 3.8) is 0 Å². The standard InChI is InChI=1S/C9H18O3S/c1-2-3-4-5-6-7-8-9-12-13(10)11/h8-9H,2-7H2,1H3,(H,10,11)/p-1. The minimum absolute atomic E-state index is 0.890. The van der Waals surface area contributed by atoms with Crippen molar-refractivity contribution in [1.29, 1.82) is 0 Å². The van der Waals surface area contributed by atoms with Gasteiger partial charge in [-0.3, -0.25) is 0 Å². The van der Waals surface area contributed by atoms with E-state index in [0.717, 1.165) is 12.8 Å². The average molecular weight is 205 g/mol. The Hall–Kier alpha value is -0.350. The summed E-state index contributed by atoms with van der Waals surface area (Å²) >= 11 is -2.41. The molecular weight excluding hydrogens is 188 g/mol. The number of rotatable bonds is 8. The minimum atomic E-state index is -2.41. The Bertz CT molecular complexity index is 157. The van der Waals surface area contributed by atoms with Crippen molar-refractivity contribution in [1.82, 2.24) is 0 Å². The van der Waals surface area contributed by atoms with Gasteiger partial charge >= 0.3 is 0 Å². The molecule has 0 aromatic carbocycles. The predicted octanol–water partition coefficient (Wildman–Crippen LogP) is 2.67. The SMILES string of the molecule is CCCCCCCC=COS(=O)[O-]. The molecule has 0 spiro atoms. The summed E-state index contributed by atoms with van der Waals surface area (Å²) in [5.41, 5.74) is 0. The molecule has 0 rings (SSSR count). The van der Waals surface area contributed by atoms with Gasteiger partial charge < -0.3 is 8.74 Å². The molecule has 1 unspecified atom stereocenters. The summed E-state index contributed by atoms with van der Waals surface area (Å²) in [6.07, 6.45) is 9.95. The van der Waals surface area contributed by atoms with Crippen molar-refractivity contribution in [3.8, 4) is 0 Å². The van der Waals surface area contributed by atoms with Crippen LogP contribution >= 0.6 is 0 Å². The normalized spacial score (nSPS) is 13.4. The van der Waals surface area contributed by atoms with Gasteiger partial charge in [-0.25, -0.2) is 4.21 Å². The molecule has 13 heavy (non-hydrogen) atoms. The van der Waals surface area contributed by atoms with Crippen molar-refractivity contribution in [2.45, 2.75) is 45.4 Å². The maximum absolute atomic E-state index is 9.90. The van der Waals surface area contributed by atoms with Gasteiger partial charge in [-0.2, -0.15) is 0 Å². The lowest BCUT2D eigenvalue weighted by molar-refractivity contribution is 0.404. The molecule has 1 atom stereocenters. The van der Waals surface area contributed by atoms with E-state index in [-0.39, 0.29) is 0 Å². The predicted molar refractivity (Wildman–Crippen MR) is 52.5 cm³/mol. The van der Waals surface area contributed by atoms with Crippen LogP contribution in [0.2, 0.25) is 0 Å². The molecule has 4 heteroatoms. The highest BCUT2D eigenvalue weighted by atomic mass is 32.2. The Labute approximate surface area is 82.7 Å². The van der Waals surface area contributed by atoms with Gasteiger partial charge in [0.2, 0.25) is 0 Å². The van der Waals surface area contributed by atoms with Crippen molar-refractivity contribution >= 4 is 11.4 Å². The van der Waals surface area contributed by atoms with Crippen LogP contribution in [0.15, 0.2) is 12.3 Å². The van der Waals surface area contributed by atoms with Crippen LogP contribution in [0.1, 0.15) is 45.4 Å². The van der Waals surface area contributed by atoms with Gasteiger partial charge in [-0.1, -0.05) is 32.6 Å². The highest BCUT2D eigenvalue weighted by molar-refractivity contribution is 7.74. The maximum Gasteiger partial charge on any atom is 0.138 e. The molecule has 0 heterocycles. The Kier molecular flexibility index (Phi) is 9.47. The fourth-order valence-electron chi connectivity index (χ4n) is 1.02. The van der Waals surface area contributed by atoms with Crippen LogP contribution in [-0.2, 0) is 15.5 Å². The van der Waals surface area contributed by atoms with Crippen LogP contribution < -0.4 is 0 Å². The molecular formula is C9H17O3S-. The Morgan fingerprint density at radius 2 is 2.00 bits per heavy atom. The van der Waals surface area contributed by atoms with E-state index in [1.165, 1.54) is 31.9 Å². The molecule has 0 saturated heterocycles. The van der Waals surface area contributed by atoms with Gasteiger partial charge in [0.05, 0.1) is 6.26 Å². The van der Waals surface area contributed by atoms with Crippen molar-refractivity contribution in [3.05, 3.63) is 12.3 Å². The van der Waals surface area contributed by atoms with Crippen LogP contribution in [0.5, 0.6) is 0 Å². The summed E-state index contributed by atoms with van der Waals surface area (Å²) in [6, 6.07) is 0. The van der Waals surface area contributed by atoms with Gasteiger partial charge in [0, 0.05) is 0 Å². The van der Waals surface area contributed by atoms with Crippen molar-refractivity contribution < 1.29 is 12.9 Å². The first-order valence-electron chi connectivity index (χ1n) is 4.68. The van der Waals surface area contributed by atoms with Crippen LogP contribution in [0.3, 0.4) is 0 Å². The minimum Gasteiger partial charge on any atom is -0.740 e. The van der Waals surface area contributed by atoms with Gasteiger partial charge in [0.15, 0.2) is 0 Å². The van der Waals surface area contributed by atoms with Crippen molar-refractivity contribution in [2.24, 2.45) is 0 Å². The first kappa shape index (κ1) is 12.7. The largest absolute Gasteiger partial charge is 0.740 e. The third kappa shape index (κ3) is 11.7. The highest BCUT2D eigenvalue weighted by Gasteiger charge is 1.86. The molecule has 0 fully saturated rings. The number of unbranched alkanes of at least 4 members (excludes halogenated alkanes) is 5. The van der Waals surface area contributed by atoms with E-state index in [2.05, 4.69) is 11.1 Å². The summed E-state index contributed by atoms with van der Waals surface area (Å²) in [7, 11) is 0. The summed E-state index contributed by atoms with van der Waals surface area (Å²) in [5, 5.41) is 0. The van der Waals surface area contributed by atoms with Crippen molar-refractivity contribution in [2.75, 3.05) is 0 Å². The molecule has 0 bridgehead atoms. The van der Waals surface area contributed by atoms with Gasteiger partial charge in [-0.05, 0) is 18.9 Å². The molecule has 78 valence electrons. The molecule has 0 aliphatic heterocycles. The maximum atomic E-state index is 9.90. The zero-order valence-corrected chi connectivity index (χ0v) is 8.85. The zero-order valence-electron chi connectivity index (χ0n) is 8.03. The van der Waals surface area contributed by atoms with Crippen LogP contribution in [0.4, 0.5) is 0 Å². The zero-order chi connectivity index (χ0) is 9.94. The van der Waals surface area contributed by atoms with Gasteiger partial charge in [0.25, 0.3) is 0 Å². The van der Waals surface area contributed by atoms with E-state index >= 15 is 0 Å². The van der Waals surface area contributed by atoms with Gasteiger partial charge in [-0.15, -0.1) is 0 Å². The van der Waals surface area contributed by atoms with E-state index in [1.807, 2.05) is 0 Å². The second-order valence-corrected chi connectivity index (χ2v) is 3.48. The van der Waals surface area contributed by atoms with E-state index in [1.54, 1.807) is 6.08 Å². The number of hydrogen-bond donors (Lipinski definition) is 0. The lowest BCUT2D eigenvalue weighted by Crippen LogP contribution is -1.86. The Balaban J connectivity index is 3.06. The second kappa shape index (κ2) is 9.74. The lowest BCUT2D eigenvalue weighted by atomic mass is 10.1. The van der Waals surface area contributed by atoms with E-state index in [9.17, 15) is 8.76 Å². The molecule has 0 N–H and O–H groups in total. The quantitative estimate of drug-likeness (QED) is 0.348. The number of hydrogen-bond acceptors (Lipinski definition) is 3. The molecule has 0 aromatic rings. The molecule has 0 aliphatic rings. The van der Waals surface area contributed by atoms with E-state index in [0.29, 0.717) is 0 Å². The lowest BCUT2D eigenvalue weighted by Gasteiger charge is -2.00. The molecule has 0 saturated carbocycles. The molecule has 0 aliphatic carbocycles. The smallest absolute Gasteiger partial charge is 0.138 e. The van der Waals surface area contributed by atoms with Crippen LogP contribution in [0.25, 0.3) is 0 Å². The summed E-state index contributed by atoms with van der Waals surface area (Å²) in [6.45, 7) is 2.18. The number of allylic oxidation sites excluding steroid dienone is 1. The summed E-state index contributed by atoms with van der Waals surface area (Å²) in [4.78, 5) is 0. The first-order chi connectivity index (χ1) is 6.27. The fourth-order valence-corrected chi connectivity index (χ4v) is 1.19. The topological polar surface area (TPSA) is 49.4 Å². The van der Waals surface area contributed by atoms with Crippen LogP contribution in [0, 0.1) is 0 Å². The van der Waals surface area contributed by atoms with Gasteiger partial charge in [0.1, 0.15) is 11.4 Å². The highest BCUT2D eigenvalue weighted by Crippen LogP contribution is 2.05. The average Bonchev–Trinajstić information content (AvgIpc) is 2.09. The Morgan fingerprint density at radius 1 is 1.31 bits per heavy atom. The third-order valence-corrected chi connectivity index (χ3v) is 1.97. The molecule has 3 nitrogen and oxygen atoms in total. The summed E-state index contributed by atoms with van der Waals surface area (Å²) < 4.78 is 24.0. The first-order valence-corrected chi connectivity index (χ1v) is 5.68. The summed E-state index contributed by atoms with van der Waals surface area (Å²) in [5.74, 6) is 0. The van der Waals surface area contributed by atoms with E-state index < -0.39 is 11.4 Å². The monoisotopic (exact) mass is 205 g/mol. The van der Waals surface area contributed by atoms with Crippen LogP contribution in [-0.4, -0.2) is 8.76 Å². The second-order valence-electron chi connectivity index (χ2n) is 2.88. The molecule has 0 amide bonds. The Morgan fingerprint density at radius 3 is 2.62 bits per heavy atom. The molecule has 0 radical (unpaired) electrons.